The lowest BCUT2D eigenvalue weighted by Crippen LogP contribution is -2.42. The molecule has 0 aromatic carbocycles. The number of nitrogens with one attached hydrogen (secondary N) is 1. The van der Waals surface area contributed by atoms with Crippen LogP contribution in [0.3, 0.4) is 0 Å². The van der Waals surface area contributed by atoms with Gasteiger partial charge in [-0.2, -0.15) is 18.2 Å². The molecule has 1 fully saturated rings. The minimum Gasteiger partial charge on any atom is -0.338 e. The summed E-state index contributed by atoms with van der Waals surface area (Å²) in [6, 6.07) is 0. The minimum atomic E-state index is -4.54. The smallest absolute Gasteiger partial charge is 0.338 e. The number of piperazine rings is 1. The maximum absolute atomic E-state index is 12.2. The van der Waals surface area contributed by atoms with E-state index in [9.17, 15) is 13.2 Å². The summed E-state index contributed by atoms with van der Waals surface area (Å²) in [4.78, 5) is 5.27. The van der Waals surface area contributed by atoms with Crippen molar-refractivity contribution >= 4 is 0 Å². The number of hydrogen-bond acceptors (Lipinski definition) is 5. The molecule has 0 radical (unpaired) electrons. The Morgan fingerprint density at radius 1 is 1.31 bits per heavy atom. The van der Waals surface area contributed by atoms with Crippen LogP contribution in [-0.4, -0.2) is 41.2 Å². The Hall–Kier alpha value is -1.15. The van der Waals surface area contributed by atoms with Crippen molar-refractivity contribution in [3.8, 4) is 0 Å². The summed E-state index contributed by atoms with van der Waals surface area (Å²) < 4.78 is 41.1. The van der Waals surface area contributed by atoms with E-state index in [-0.39, 0.29) is 12.4 Å². The number of nitrogens with zero attached hydrogens (tertiary/aromatic N) is 3. The summed E-state index contributed by atoms with van der Waals surface area (Å²) in [7, 11) is 0. The van der Waals surface area contributed by atoms with E-state index in [1.807, 2.05) is 4.90 Å². The van der Waals surface area contributed by atoms with Crippen LogP contribution in [0, 0.1) is 0 Å². The monoisotopic (exact) mass is 236 g/mol. The molecule has 1 aliphatic heterocycles. The first-order valence-corrected chi connectivity index (χ1v) is 4.88. The number of hydrogen-bond donors (Lipinski definition) is 1. The Kier molecular flexibility index (Phi) is 3.10. The van der Waals surface area contributed by atoms with E-state index in [0.717, 1.165) is 26.2 Å². The van der Waals surface area contributed by atoms with Crippen molar-refractivity contribution in [2.24, 2.45) is 0 Å². The zero-order chi connectivity index (χ0) is 11.6. The normalized spacial score (nSPS) is 18.9. The molecule has 0 saturated carbocycles. The van der Waals surface area contributed by atoms with Gasteiger partial charge in [0.2, 0.25) is 5.89 Å². The highest BCUT2D eigenvalue weighted by Gasteiger charge is 2.37. The van der Waals surface area contributed by atoms with Crippen molar-refractivity contribution in [2.45, 2.75) is 12.7 Å². The molecular weight excluding hydrogens is 225 g/mol. The molecule has 1 aliphatic rings. The maximum atomic E-state index is 12.2. The first-order valence-electron chi connectivity index (χ1n) is 4.88. The van der Waals surface area contributed by atoms with Gasteiger partial charge in [-0.25, -0.2) is 0 Å². The molecule has 0 amide bonds. The van der Waals surface area contributed by atoms with Crippen molar-refractivity contribution < 1.29 is 17.7 Å². The van der Waals surface area contributed by atoms with E-state index in [2.05, 4.69) is 20.0 Å². The Bertz CT molecular complexity index is 345. The molecule has 2 rings (SSSR count). The number of halogens is 3. The average Bonchev–Trinajstić information content (AvgIpc) is 2.67. The van der Waals surface area contributed by atoms with Crippen LogP contribution in [-0.2, 0) is 12.7 Å². The van der Waals surface area contributed by atoms with Gasteiger partial charge in [-0.05, 0) is 0 Å². The van der Waals surface area contributed by atoms with Gasteiger partial charge in [-0.15, -0.1) is 0 Å². The van der Waals surface area contributed by atoms with Crippen molar-refractivity contribution in [3.05, 3.63) is 11.7 Å². The van der Waals surface area contributed by atoms with Gasteiger partial charge in [-0.3, -0.25) is 4.90 Å². The van der Waals surface area contributed by atoms with E-state index in [1.165, 1.54) is 0 Å². The summed E-state index contributed by atoms with van der Waals surface area (Å²) in [6.07, 6.45) is -4.54. The van der Waals surface area contributed by atoms with Crippen molar-refractivity contribution in [1.29, 1.82) is 0 Å². The molecule has 8 heteroatoms. The van der Waals surface area contributed by atoms with E-state index < -0.39 is 12.0 Å². The molecule has 16 heavy (non-hydrogen) atoms. The fourth-order valence-electron chi connectivity index (χ4n) is 1.49. The SMILES string of the molecule is FC(F)(F)c1noc(CN2CCNCC2)n1. The minimum absolute atomic E-state index is 0.00854. The topological polar surface area (TPSA) is 54.2 Å². The molecule has 0 aliphatic carbocycles. The van der Waals surface area contributed by atoms with Crippen LogP contribution in [0.1, 0.15) is 11.7 Å². The van der Waals surface area contributed by atoms with Gasteiger partial charge in [-0.1, -0.05) is 5.16 Å². The molecule has 1 saturated heterocycles. The third-order valence-electron chi connectivity index (χ3n) is 2.29. The van der Waals surface area contributed by atoms with Gasteiger partial charge >= 0.3 is 6.18 Å². The molecule has 0 atom stereocenters. The highest BCUT2D eigenvalue weighted by molar-refractivity contribution is 4.91. The van der Waals surface area contributed by atoms with Crippen LogP contribution in [0.5, 0.6) is 0 Å². The molecule has 5 nitrogen and oxygen atoms in total. The Labute approximate surface area is 89.6 Å². The second kappa shape index (κ2) is 4.38. The summed E-state index contributed by atoms with van der Waals surface area (Å²) in [5, 5.41) is 6.04. The summed E-state index contributed by atoms with van der Waals surface area (Å²) >= 11 is 0. The molecule has 1 aromatic heterocycles. The molecule has 1 N–H and O–H groups in total. The molecule has 0 bridgehead atoms. The lowest BCUT2D eigenvalue weighted by molar-refractivity contribution is -0.146. The fourth-order valence-corrected chi connectivity index (χ4v) is 1.49. The predicted molar refractivity (Wildman–Crippen MR) is 47.4 cm³/mol. The second-order valence-corrected chi connectivity index (χ2v) is 3.54. The first-order chi connectivity index (χ1) is 7.55. The van der Waals surface area contributed by atoms with E-state index in [0.29, 0.717) is 0 Å². The van der Waals surface area contributed by atoms with Crippen LogP contribution in [0.4, 0.5) is 13.2 Å². The third kappa shape index (κ3) is 2.70. The Morgan fingerprint density at radius 2 is 2.00 bits per heavy atom. The molecule has 2 heterocycles. The predicted octanol–water partition coefficient (Wildman–Crippen LogP) is 0.494. The van der Waals surface area contributed by atoms with Crippen molar-refractivity contribution in [3.63, 3.8) is 0 Å². The molecular formula is C8H11F3N4O. The highest BCUT2D eigenvalue weighted by Crippen LogP contribution is 2.26. The maximum Gasteiger partial charge on any atom is 0.455 e. The van der Waals surface area contributed by atoms with E-state index in [1.54, 1.807) is 0 Å². The van der Waals surface area contributed by atoms with E-state index in [4.69, 9.17) is 0 Å². The van der Waals surface area contributed by atoms with Gasteiger partial charge < -0.3 is 9.84 Å². The number of alkyl halides is 3. The molecule has 1 aromatic rings. The molecule has 0 spiro atoms. The van der Waals surface area contributed by atoms with Crippen LogP contribution < -0.4 is 5.32 Å². The summed E-state index contributed by atoms with van der Waals surface area (Å²) in [5.41, 5.74) is 0. The zero-order valence-corrected chi connectivity index (χ0v) is 8.42. The standard InChI is InChI=1S/C8H11F3N4O/c9-8(10,11)7-13-6(16-14-7)5-15-3-1-12-2-4-15/h12H,1-5H2. The fraction of sp³-hybridized carbons (Fsp3) is 0.750. The molecule has 90 valence electrons. The Morgan fingerprint density at radius 3 is 2.56 bits per heavy atom. The van der Waals surface area contributed by atoms with Crippen molar-refractivity contribution in [1.82, 2.24) is 20.4 Å². The average molecular weight is 236 g/mol. The summed E-state index contributed by atoms with van der Waals surface area (Å²) in [5.74, 6) is -1.20. The first kappa shape index (κ1) is 11.3. The van der Waals surface area contributed by atoms with E-state index >= 15 is 0 Å². The number of aromatic nitrogens is 2. The zero-order valence-electron chi connectivity index (χ0n) is 8.42. The van der Waals surface area contributed by atoms with Crippen LogP contribution in [0.25, 0.3) is 0 Å². The van der Waals surface area contributed by atoms with Gasteiger partial charge in [0.25, 0.3) is 5.82 Å². The highest BCUT2D eigenvalue weighted by atomic mass is 19.4. The molecule has 0 unspecified atom stereocenters. The van der Waals surface area contributed by atoms with Crippen molar-refractivity contribution in [2.75, 3.05) is 26.2 Å². The van der Waals surface area contributed by atoms with Crippen LogP contribution in [0.15, 0.2) is 4.52 Å². The lowest BCUT2D eigenvalue weighted by atomic mass is 10.3. The number of rotatable bonds is 2. The van der Waals surface area contributed by atoms with Gasteiger partial charge in [0.1, 0.15) is 0 Å². The van der Waals surface area contributed by atoms with Gasteiger partial charge in [0, 0.05) is 26.2 Å². The van der Waals surface area contributed by atoms with Crippen LogP contribution in [0.2, 0.25) is 0 Å². The lowest BCUT2D eigenvalue weighted by Gasteiger charge is -2.25. The van der Waals surface area contributed by atoms with Crippen LogP contribution >= 0.6 is 0 Å². The largest absolute Gasteiger partial charge is 0.455 e. The van der Waals surface area contributed by atoms with Gasteiger partial charge in [0.05, 0.1) is 6.54 Å². The van der Waals surface area contributed by atoms with Gasteiger partial charge in [0.15, 0.2) is 0 Å². The summed E-state index contributed by atoms with van der Waals surface area (Å²) in [6.45, 7) is 3.44. The Balaban J connectivity index is 1.97. The second-order valence-electron chi connectivity index (χ2n) is 3.54. The third-order valence-corrected chi connectivity index (χ3v) is 2.29. The quantitative estimate of drug-likeness (QED) is 0.810.